The molecule has 0 bridgehead atoms. The van der Waals surface area contributed by atoms with Crippen molar-refractivity contribution in [3.8, 4) is 5.75 Å². The van der Waals surface area contributed by atoms with E-state index in [1.54, 1.807) is 0 Å². The lowest BCUT2D eigenvalue weighted by molar-refractivity contribution is -0.384. The van der Waals surface area contributed by atoms with Gasteiger partial charge in [-0.15, -0.1) is 13.2 Å². The van der Waals surface area contributed by atoms with E-state index in [0.29, 0.717) is 17.9 Å². The van der Waals surface area contributed by atoms with Crippen LogP contribution in [0.1, 0.15) is 0 Å². The van der Waals surface area contributed by atoms with Crippen LogP contribution in [-0.4, -0.2) is 42.0 Å². The van der Waals surface area contributed by atoms with Crippen molar-refractivity contribution in [3.63, 3.8) is 0 Å². The summed E-state index contributed by atoms with van der Waals surface area (Å²) in [6.07, 6.45) is -4.81. The standard InChI is InChI=1S/C17H16F3N3O5/c18-17(19,20)28-15-7-5-13(6-8-15)22(11-16(24)25)10-9-21-12-1-3-14(4-2-12)23(26)27/h1-8,21H,9-11H2,(H,24,25). The van der Waals surface area contributed by atoms with Crippen molar-refractivity contribution < 1.29 is 32.7 Å². The number of anilines is 2. The number of non-ortho nitro benzene ring substituents is 1. The van der Waals surface area contributed by atoms with Gasteiger partial charge in [0.2, 0.25) is 0 Å². The molecule has 2 rings (SSSR count). The Balaban J connectivity index is 1.99. The monoisotopic (exact) mass is 399 g/mol. The lowest BCUT2D eigenvalue weighted by Gasteiger charge is -2.23. The minimum Gasteiger partial charge on any atom is -0.480 e. The van der Waals surface area contributed by atoms with Crippen LogP contribution in [-0.2, 0) is 4.79 Å². The molecule has 28 heavy (non-hydrogen) atoms. The largest absolute Gasteiger partial charge is 0.573 e. The predicted molar refractivity (Wildman–Crippen MR) is 94.6 cm³/mol. The van der Waals surface area contributed by atoms with Crippen LogP contribution in [0.15, 0.2) is 48.5 Å². The van der Waals surface area contributed by atoms with Crippen LogP contribution < -0.4 is 15.0 Å². The van der Waals surface area contributed by atoms with E-state index >= 15 is 0 Å². The number of halogens is 3. The molecule has 2 N–H and O–H groups in total. The van der Waals surface area contributed by atoms with Crippen LogP contribution in [0.3, 0.4) is 0 Å². The number of nitro benzene ring substituents is 1. The number of hydrogen-bond acceptors (Lipinski definition) is 6. The highest BCUT2D eigenvalue weighted by atomic mass is 19.4. The molecule has 2 aromatic rings. The van der Waals surface area contributed by atoms with E-state index in [1.165, 1.54) is 41.3 Å². The Morgan fingerprint density at radius 3 is 2.25 bits per heavy atom. The van der Waals surface area contributed by atoms with Gasteiger partial charge in [-0.25, -0.2) is 0 Å². The lowest BCUT2D eigenvalue weighted by Crippen LogP contribution is -2.33. The molecule has 0 amide bonds. The fourth-order valence-corrected chi connectivity index (χ4v) is 2.36. The second-order valence-electron chi connectivity index (χ2n) is 5.59. The summed E-state index contributed by atoms with van der Waals surface area (Å²) in [7, 11) is 0. The average molecular weight is 399 g/mol. The van der Waals surface area contributed by atoms with Gasteiger partial charge in [0, 0.05) is 36.6 Å². The minimum absolute atomic E-state index is 0.0563. The Hall–Kier alpha value is -3.50. The number of rotatable bonds is 9. The van der Waals surface area contributed by atoms with Crippen LogP contribution in [0.2, 0.25) is 0 Å². The Morgan fingerprint density at radius 1 is 1.14 bits per heavy atom. The number of benzene rings is 2. The van der Waals surface area contributed by atoms with E-state index in [0.717, 1.165) is 12.1 Å². The number of nitrogens with one attached hydrogen (secondary N) is 1. The Kier molecular flexibility index (Phi) is 6.64. The minimum atomic E-state index is -4.81. The number of carboxylic acids is 1. The van der Waals surface area contributed by atoms with Gasteiger partial charge in [-0.3, -0.25) is 14.9 Å². The highest BCUT2D eigenvalue weighted by molar-refractivity contribution is 5.73. The summed E-state index contributed by atoms with van der Waals surface area (Å²) in [6, 6.07) is 10.5. The van der Waals surface area contributed by atoms with Crippen molar-refractivity contribution in [2.45, 2.75) is 6.36 Å². The predicted octanol–water partition coefficient (Wildman–Crippen LogP) is 3.50. The van der Waals surface area contributed by atoms with Gasteiger partial charge in [-0.2, -0.15) is 0 Å². The van der Waals surface area contributed by atoms with E-state index in [4.69, 9.17) is 5.11 Å². The first-order chi connectivity index (χ1) is 13.1. The Morgan fingerprint density at radius 2 is 1.75 bits per heavy atom. The van der Waals surface area contributed by atoms with Crippen LogP contribution in [0, 0.1) is 10.1 Å². The van der Waals surface area contributed by atoms with Gasteiger partial charge in [0.1, 0.15) is 12.3 Å². The van der Waals surface area contributed by atoms with E-state index in [9.17, 15) is 28.1 Å². The molecule has 0 heterocycles. The number of carbonyl (C=O) groups is 1. The number of nitro groups is 1. The normalized spacial score (nSPS) is 11.0. The summed E-state index contributed by atoms with van der Waals surface area (Å²) in [5.74, 6) is -1.51. The molecule has 2 aromatic carbocycles. The molecule has 11 heteroatoms. The fourth-order valence-electron chi connectivity index (χ4n) is 2.36. The first kappa shape index (κ1) is 20.8. The third kappa shape index (κ3) is 6.67. The van der Waals surface area contributed by atoms with Crippen LogP contribution >= 0.6 is 0 Å². The summed E-state index contributed by atoms with van der Waals surface area (Å²) < 4.78 is 40.4. The van der Waals surface area contributed by atoms with E-state index in [-0.39, 0.29) is 18.8 Å². The maximum atomic E-state index is 12.2. The van der Waals surface area contributed by atoms with Gasteiger partial charge in [-0.05, 0) is 36.4 Å². The highest BCUT2D eigenvalue weighted by Crippen LogP contribution is 2.25. The van der Waals surface area contributed by atoms with Gasteiger partial charge >= 0.3 is 12.3 Å². The maximum absolute atomic E-state index is 12.2. The first-order valence-corrected chi connectivity index (χ1v) is 7.95. The average Bonchev–Trinajstić information content (AvgIpc) is 2.60. The smallest absolute Gasteiger partial charge is 0.480 e. The summed E-state index contributed by atoms with van der Waals surface area (Å²) in [5.41, 5.74) is 0.955. The molecule has 8 nitrogen and oxygen atoms in total. The Labute approximate surface area is 157 Å². The molecule has 0 saturated heterocycles. The van der Waals surface area contributed by atoms with Crippen LogP contribution in [0.25, 0.3) is 0 Å². The quantitative estimate of drug-likeness (QED) is 0.491. The summed E-state index contributed by atoms with van der Waals surface area (Å²) in [6.45, 7) is 0.163. The highest BCUT2D eigenvalue weighted by Gasteiger charge is 2.31. The molecular weight excluding hydrogens is 383 g/mol. The van der Waals surface area contributed by atoms with E-state index in [2.05, 4.69) is 10.1 Å². The number of ether oxygens (including phenoxy) is 1. The molecule has 0 unspecified atom stereocenters. The number of hydrogen-bond donors (Lipinski definition) is 2. The summed E-state index contributed by atoms with van der Waals surface area (Å²) in [4.78, 5) is 22.6. The zero-order valence-corrected chi connectivity index (χ0v) is 14.3. The molecule has 0 aliphatic rings. The molecule has 0 atom stereocenters. The molecule has 0 radical (unpaired) electrons. The fraction of sp³-hybridized carbons (Fsp3) is 0.235. The zero-order valence-electron chi connectivity index (χ0n) is 14.3. The molecular formula is C17H16F3N3O5. The van der Waals surface area contributed by atoms with Crippen LogP contribution in [0.4, 0.5) is 30.2 Å². The van der Waals surface area contributed by atoms with Gasteiger partial charge < -0.3 is 20.1 Å². The van der Waals surface area contributed by atoms with Crippen molar-refractivity contribution in [3.05, 3.63) is 58.6 Å². The van der Waals surface area contributed by atoms with Crippen LogP contribution in [0.5, 0.6) is 5.75 Å². The molecule has 0 saturated carbocycles. The lowest BCUT2D eigenvalue weighted by atomic mass is 10.2. The Bertz CT molecular complexity index is 810. The molecule has 0 aliphatic heterocycles. The zero-order chi connectivity index (χ0) is 20.7. The number of carboxylic acid groups (broad SMARTS) is 1. The number of alkyl halides is 3. The topological polar surface area (TPSA) is 105 Å². The van der Waals surface area contributed by atoms with Gasteiger partial charge in [0.05, 0.1) is 4.92 Å². The molecule has 0 fully saturated rings. The molecule has 0 aromatic heterocycles. The number of nitrogens with zero attached hydrogens (tertiary/aromatic N) is 2. The second-order valence-corrected chi connectivity index (χ2v) is 5.59. The molecule has 0 spiro atoms. The molecule has 0 aliphatic carbocycles. The van der Waals surface area contributed by atoms with E-state index < -0.39 is 23.0 Å². The summed E-state index contributed by atoms with van der Waals surface area (Å²) >= 11 is 0. The van der Waals surface area contributed by atoms with Crippen molar-refractivity contribution in [1.82, 2.24) is 0 Å². The van der Waals surface area contributed by atoms with Crippen molar-refractivity contribution in [2.75, 3.05) is 29.9 Å². The van der Waals surface area contributed by atoms with Gasteiger partial charge in [-0.1, -0.05) is 0 Å². The molecule has 150 valence electrons. The second kappa shape index (κ2) is 8.93. The van der Waals surface area contributed by atoms with Crippen molar-refractivity contribution >= 4 is 23.0 Å². The third-order valence-electron chi connectivity index (χ3n) is 3.55. The van der Waals surface area contributed by atoms with E-state index in [1.807, 2.05) is 0 Å². The summed E-state index contributed by atoms with van der Waals surface area (Å²) in [5, 5.41) is 22.7. The van der Waals surface area contributed by atoms with Gasteiger partial charge in [0.25, 0.3) is 5.69 Å². The first-order valence-electron chi connectivity index (χ1n) is 7.95. The third-order valence-corrected chi connectivity index (χ3v) is 3.55. The number of aliphatic carboxylic acids is 1. The van der Waals surface area contributed by atoms with Gasteiger partial charge in [0.15, 0.2) is 0 Å². The van der Waals surface area contributed by atoms with Crippen molar-refractivity contribution in [1.29, 1.82) is 0 Å². The van der Waals surface area contributed by atoms with Crippen molar-refractivity contribution in [2.24, 2.45) is 0 Å². The maximum Gasteiger partial charge on any atom is 0.573 e. The SMILES string of the molecule is O=C(O)CN(CCNc1ccc([N+](=O)[O-])cc1)c1ccc(OC(F)(F)F)cc1.